The van der Waals surface area contributed by atoms with Crippen LogP contribution in [-0.2, 0) is 5.41 Å². The maximum Gasteiger partial charge on any atom is 0.243 e. The molecule has 0 N–H and O–H groups in total. The van der Waals surface area contributed by atoms with Gasteiger partial charge in [0.15, 0.2) is 0 Å². The molecule has 3 aromatic rings. The zero-order valence-corrected chi connectivity index (χ0v) is 19.7. The molecule has 0 saturated heterocycles. The molecule has 0 spiro atoms. The van der Waals surface area contributed by atoms with Crippen LogP contribution >= 0.6 is 0 Å². The van der Waals surface area contributed by atoms with E-state index < -0.39 is 20.8 Å². The quantitative estimate of drug-likeness (QED) is 0.471. The number of benzene rings is 3. The highest BCUT2D eigenvalue weighted by Crippen LogP contribution is 2.30. The third-order valence-electron chi connectivity index (χ3n) is 5.50. The fourth-order valence-electron chi connectivity index (χ4n) is 3.70. The third kappa shape index (κ3) is 5.34. The smallest absolute Gasteiger partial charge is 0.243 e. The van der Waals surface area contributed by atoms with E-state index in [0.717, 1.165) is 15.9 Å². The molecule has 0 unspecified atom stereocenters. The van der Waals surface area contributed by atoms with Crippen LogP contribution in [0, 0.1) is 0 Å². The fourth-order valence-corrected chi connectivity index (χ4v) is 6.58. The van der Waals surface area contributed by atoms with E-state index in [1.165, 1.54) is 0 Å². The van der Waals surface area contributed by atoms with Crippen molar-refractivity contribution < 1.29 is 18.3 Å². The molecule has 0 aliphatic rings. The van der Waals surface area contributed by atoms with Crippen molar-refractivity contribution in [1.29, 1.82) is 0 Å². The number of halogens is 2. The normalized spacial score (nSPS) is 12.8. The van der Waals surface area contributed by atoms with Crippen molar-refractivity contribution in [2.75, 3.05) is 14.2 Å². The van der Waals surface area contributed by atoms with Crippen LogP contribution in [-0.4, -0.2) is 29.4 Å². The first-order valence-corrected chi connectivity index (χ1v) is 11.9. The van der Waals surface area contributed by atoms with Crippen molar-refractivity contribution in [3.8, 4) is 11.5 Å². The van der Waals surface area contributed by atoms with Gasteiger partial charge in [0.1, 0.15) is 20.3 Å². The van der Waals surface area contributed by atoms with Gasteiger partial charge in [0.25, 0.3) is 0 Å². The second-order valence-electron chi connectivity index (χ2n) is 8.55. The molecule has 0 aromatic heterocycles. The molecule has 0 aliphatic carbocycles. The van der Waals surface area contributed by atoms with Gasteiger partial charge in [0.05, 0.1) is 14.2 Å². The number of ether oxygens (including phenoxy) is 2. The fraction of sp³-hybridized carbons (Fsp3) is 0.308. The van der Waals surface area contributed by atoms with Gasteiger partial charge in [0, 0.05) is 5.54 Å². The van der Waals surface area contributed by atoms with E-state index in [1.54, 1.807) is 14.2 Å². The molecule has 1 atom stereocenters. The molecule has 1 radical (unpaired) electrons. The van der Waals surface area contributed by atoms with E-state index in [2.05, 4.69) is 20.8 Å². The summed E-state index contributed by atoms with van der Waals surface area (Å²) in [6.45, 7) is 6.36. The van der Waals surface area contributed by atoms with E-state index in [-0.39, 0.29) is 5.41 Å². The van der Waals surface area contributed by atoms with Crippen molar-refractivity contribution in [2.24, 2.45) is 0 Å². The monoisotopic (exact) mass is 439 g/mol. The molecule has 3 aromatic carbocycles. The van der Waals surface area contributed by atoms with Gasteiger partial charge < -0.3 is 9.47 Å². The van der Waals surface area contributed by atoms with Crippen molar-refractivity contribution >= 4 is 19.2 Å². The minimum atomic E-state index is -2.49. The Morgan fingerprint density at radius 1 is 0.677 bits per heavy atom. The van der Waals surface area contributed by atoms with Gasteiger partial charge in [-0.25, -0.2) is 8.78 Å². The summed E-state index contributed by atoms with van der Waals surface area (Å²) in [5.41, 5.74) is 0.884. The van der Waals surface area contributed by atoms with Crippen LogP contribution in [0.1, 0.15) is 37.4 Å². The number of rotatable bonds is 7. The van der Waals surface area contributed by atoms with Gasteiger partial charge in [-0.05, 0) is 40.8 Å². The Balaban J connectivity index is 2.11. The molecule has 0 amide bonds. The minimum Gasteiger partial charge on any atom is -0.497 e. The summed E-state index contributed by atoms with van der Waals surface area (Å²) in [4.78, 5) is 0. The summed E-state index contributed by atoms with van der Waals surface area (Å²) < 4.78 is 39.8. The van der Waals surface area contributed by atoms with Crippen molar-refractivity contribution in [2.45, 2.75) is 38.2 Å². The summed E-state index contributed by atoms with van der Waals surface area (Å²) in [7, 11) is 1.35. The average Bonchev–Trinajstić information content (AvgIpc) is 2.77. The van der Waals surface area contributed by atoms with Gasteiger partial charge in [-0.3, -0.25) is 0 Å². The predicted octanol–water partition coefficient (Wildman–Crippen LogP) is 5.20. The number of hydrogen-bond acceptors (Lipinski definition) is 2. The summed E-state index contributed by atoms with van der Waals surface area (Å²) in [6, 6.07) is 22.7. The van der Waals surface area contributed by atoms with Crippen LogP contribution in [0.5, 0.6) is 11.5 Å². The van der Waals surface area contributed by atoms with Gasteiger partial charge in [-0.2, -0.15) is 0 Å². The summed E-state index contributed by atoms with van der Waals surface area (Å²) in [5, 5.41) is 1.84. The molecular formula is C26H29F2O2Si. The molecule has 0 fully saturated rings. The highest BCUT2D eigenvalue weighted by atomic mass is 28.3. The Hall–Kier alpha value is -2.66. The molecule has 5 heteroatoms. The molecule has 0 aliphatic heterocycles. The van der Waals surface area contributed by atoms with E-state index in [1.807, 2.05) is 72.8 Å². The number of alkyl halides is 2. The first kappa shape index (κ1) is 23.0. The van der Waals surface area contributed by atoms with Gasteiger partial charge in [-0.15, -0.1) is 0 Å². The van der Waals surface area contributed by atoms with Crippen LogP contribution in [0.15, 0.2) is 72.8 Å². The summed E-state index contributed by atoms with van der Waals surface area (Å²) >= 11 is 0. The summed E-state index contributed by atoms with van der Waals surface area (Å²) in [6.07, 6.45) is -2.49. The first-order chi connectivity index (χ1) is 14.7. The van der Waals surface area contributed by atoms with E-state index in [4.69, 9.17) is 9.47 Å². The standard InChI is InChI=1S/C26H29F2O2Si/c1-26(2,3)19-8-6-18(7-9-19)24(25(27)28)31(22-14-10-20(29-4)11-15-22)23-16-12-21(30-5)13-17-23/h6-17,24-25H,1-5H3/t24-/m0/s1. The third-order valence-corrected chi connectivity index (χ3v) is 8.62. The van der Waals surface area contributed by atoms with Crippen LogP contribution < -0.4 is 19.8 Å². The SMILES string of the molecule is COc1ccc([Si](c2ccc(OC)cc2)[C@@H](c2ccc(C(C)(C)C)cc2)C(F)F)cc1. The molecule has 2 nitrogen and oxygen atoms in total. The lowest BCUT2D eigenvalue weighted by Gasteiger charge is -2.27. The summed E-state index contributed by atoms with van der Waals surface area (Å²) in [5.74, 6) is 1.42. The van der Waals surface area contributed by atoms with E-state index in [0.29, 0.717) is 17.1 Å². The first-order valence-electron chi connectivity index (χ1n) is 10.3. The minimum absolute atomic E-state index is 0.0292. The molecule has 31 heavy (non-hydrogen) atoms. The topological polar surface area (TPSA) is 18.5 Å². The number of methoxy groups -OCH3 is 2. The Kier molecular flexibility index (Phi) is 7.16. The Labute approximate surface area is 185 Å². The average molecular weight is 440 g/mol. The molecule has 3 rings (SSSR count). The zero-order chi connectivity index (χ0) is 22.6. The van der Waals surface area contributed by atoms with Crippen molar-refractivity contribution in [3.63, 3.8) is 0 Å². The second kappa shape index (κ2) is 9.65. The molecule has 0 bridgehead atoms. The Bertz CT molecular complexity index is 915. The Morgan fingerprint density at radius 2 is 1.10 bits per heavy atom. The molecule has 163 valence electrons. The van der Waals surface area contributed by atoms with E-state index >= 15 is 0 Å². The van der Waals surface area contributed by atoms with Crippen molar-refractivity contribution in [3.05, 3.63) is 83.9 Å². The van der Waals surface area contributed by atoms with Gasteiger partial charge in [-0.1, -0.05) is 79.7 Å². The van der Waals surface area contributed by atoms with Crippen LogP contribution in [0.3, 0.4) is 0 Å². The highest BCUT2D eigenvalue weighted by Gasteiger charge is 2.36. The largest absolute Gasteiger partial charge is 0.497 e. The molecular weight excluding hydrogens is 410 g/mol. The predicted molar refractivity (Wildman–Crippen MR) is 125 cm³/mol. The zero-order valence-electron chi connectivity index (χ0n) is 18.7. The van der Waals surface area contributed by atoms with Crippen LogP contribution in [0.25, 0.3) is 0 Å². The van der Waals surface area contributed by atoms with Gasteiger partial charge >= 0.3 is 0 Å². The molecule has 0 saturated carbocycles. The lowest BCUT2D eigenvalue weighted by molar-refractivity contribution is 0.141. The maximum absolute atomic E-state index is 14.6. The highest BCUT2D eigenvalue weighted by molar-refractivity contribution is 6.86. The van der Waals surface area contributed by atoms with Crippen molar-refractivity contribution in [1.82, 2.24) is 0 Å². The lowest BCUT2D eigenvalue weighted by Crippen LogP contribution is -2.49. The van der Waals surface area contributed by atoms with Crippen LogP contribution in [0.4, 0.5) is 8.78 Å². The Morgan fingerprint density at radius 3 is 1.42 bits per heavy atom. The maximum atomic E-state index is 14.6. The number of hydrogen-bond donors (Lipinski definition) is 0. The van der Waals surface area contributed by atoms with E-state index in [9.17, 15) is 8.78 Å². The van der Waals surface area contributed by atoms with Crippen LogP contribution in [0.2, 0.25) is 0 Å². The second-order valence-corrected chi connectivity index (χ2v) is 11.2. The van der Waals surface area contributed by atoms with Gasteiger partial charge in [0.2, 0.25) is 6.43 Å². The molecule has 0 heterocycles. The lowest BCUT2D eigenvalue weighted by atomic mass is 9.86.